The van der Waals surface area contributed by atoms with E-state index in [1.807, 2.05) is 19.1 Å². The number of hydrazone groups is 1. The van der Waals surface area contributed by atoms with Gasteiger partial charge in [0.2, 0.25) is 5.13 Å². The van der Waals surface area contributed by atoms with Gasteiger partial charge in [0, 0.05) is 10.9 Å². The number of nitrogens with one attached hydrogen (secondary N) is 1. The van der Waals surface area contributed by atoms with Crippen LogP contribution in [0.4, 0.5) is 10.9 Å². The highest BCUT2D eigenvalue weighted by Crippen LogP contribution is 2.20. The zero-order chi connectivity index (χ0) is 15.8. The number of nitrogens with two attached hydrogens (primary N) is 1. The summed E-state index contributed by atoms with van der Waals surface area (Å²) < 4.78 is 5.85. The Kier molecular flexibility index (Phi) is 6.21. The molecule has 0 atom stereocenters. The molecule has 0 aliphatic rings. The van der Waals surface area contributed by atoms with Gasteiger partial charge in [0.25, 0.3) is 0 Å². The quantitative estimate of drug-likeness (QED) is 0.437. The number of ether oxygens (including phenoxy) is 1. The first kappa shape index (κ1) is 16.3. The molecule has 0 amide bonds. The molecule has 6 heteroatoms. The van der Waals surface area contributed by atoms with E-state index in [4.69, 9.17) is 10.5 Å². The molecule has 1 aromatic carbocycles. The molecule has 0 unspecified atom stereocenters. The maximum absolute atomic E-state index is 5.85. The molecular formula is C16H22N4OS. The number of nitrogen functional groups attached to an aromatic ring is 1. The topological polar surface area (TPSA) is 72.5 Å². The van der Waals surface area contributed by atoms with Crippen LogP contribution in [0.2, 0.25) is 0 Å². The molecule has 0 saturated carbocycles. The number of unbranched alkanes of at least 4 members (excludes halogenated alkanes) is 2. The zero-order valence-corrected chi connectivity index (χ0v) is 13.8. The Balaban J connectivity index is 1.99. The molecule has 0 aliphatic heterocycles. The van der Waals surface area contributed by atoms with Crippen molar-refractivity contribution in [3.63, 3.8) is 0 Å². The fraction of sp³-hybridized carbons (Fsp3) is 0.375. The van der Waals surface area contributed by atoms with E-state index in [-0.39, 0.29) is 0 Å². The van der Waals surface area contributed by atoms with Crippen LogP contribution < -0.4 is 15.9 Å². The number of anilines is 2. The number of rotatable bonds is 8. The van der Waals surface area contributed by atoms with E-state index in [2.05, 4.69) is 28.5 Å². The number of benzene rings is 1. The van der Waals surface area contributed by atoms with Crippen LogP contribution >= 0.6 is 11.3 Å². The van der Waals surface area contributed by atoms with Crippen LogP contribution in [0.3, 0.4) is 0 Å². The monoisotopic (exact) mass is 318 g/mol. The van der Waals surface area contributed by atoms with E-state index in [0.717, 1.165) is 24.3 Å². The van der Waals surface area contributed by atoms with Crippen molar-refractivity contribution < 1.29 is 4.74 Å². The third-order valence-electron chi connectivity index (χ3n) is 3.06. The SMILES string of the molecule is CCCCCOc1ccc(C)cc1C=NNc1nc(N)cs1. The van der Waals surface area contributed by atoms with Crippen LogP contribution in [0.5, 0.6) is 5.75 Å². The van der Waals surface area contributed by atoms with Gasteiger partial charge >= 0.3 is 0 Å². The van der Waals surface area contributed by atoms with E-state index in [0.29, 0.717) is 10.9 Å². The smallest absolute Gasteiger partial charge is 0.205 e. The van der Waals surface area contributed by atoms with Gasteiger partial charge in [0.1, 0.15) is 11.6 Å². The van der Waals surface area contributed by atoms with Gasteiger partial charge in [0.15, 0.2) is 0 Å². The summed E-state index contributed by atoms with van der Waals surface area (Å²) in [4.78, 5) is 4.09. The van der Waals surface area contributed by atoms with E-state index in [1.165, 1.54) is 29.7 Å². The van der Waals surface area contributed by atoms with Gasteiger partial charge in [-0.15, -0.1) is 11.3 Å². The van der Waals surface area contributed by atoms with E-state index < -0.39 is 0 Å². The van der Waals surface area contributed by atoms with Crippen LogP contribution in [0.25, 0.3) is 0 Å². The second-order valence-electron chi connectivity index (χ2n) is 5.04. The molecule has 0 saturated heterocycles. The van der Waals surface area contributed by atoms with Gasteiger partial charge in [-0.05, 0) is 25.5 Å². The van der Waals surface area contributed by atoms with Gasteiger partial charge < -0.3 is 10.5 Å². The lowest BCUT2D eigenvalue weighted by Crippen LogP contribution is -2.01. The molecule has 1 aromatic heterocycles. The molecule has 2 rings (SSSR count). The molecule has 0 aliphatic carbocycles. The van der Waals surface area contributed by atoms with Crippen molar-refractivity contribution in [3.05, 3.63) is 34.7 Å². The summed E-state index contributed by atoms with van der Waals surface area (Å²) in [5, 5.41) is 6.65. The summed E-state index contributed by atoms with van der Waals surface area (Å²) >= 11 is 1.42. The molecule has 2 aromatic rings. The molecule has 0 spiro atoms. The van der Waals surface area contributed by atoms with E-state index >= 15 is 0 Å². The minimum Gasteiger partial charge on any atom is -0.493 e. The predicted molar refractivity (Wildman–Crippen MR) is 93.9 cm³/mol. The van der Waals surface area contributed by atoms with Crippen LogP contribution in [0, 0.1) is 6.92 Å². The lowest BCUT2D eigenvalue weighted by molar-refractivity contribution is 0.306. The largest absolute Gasteiger partial charge is 0.493 e. The lowest BCUT2D eigenvalue weighted by atomic mass is 10.1. The Morgan fingerprint density at radius 3 is 3.00 bits per heavy atom. The Morgan fingerprint density at radius 2 is 2.27 bits per heavy atom. The van der Waals surface area contributed by atoms with Crippen molar-refractivity contribution in [2.24, 2.45) is 5.10 Å². The minimum atomic E-state index is 0.498. The molecule has 0 bridgehead atoms. The Morgan fingerprint density at radius 1 is 1.41 bits per heavy atom. The summed E-state index contributed by atoms with van der Waals surface area (Å²) in [6.07, 6.45) is 5.19. The first-order valence-corrected chi connectivity index (χ1v) is 8.30. The highest BCUT2D eigenvalue weighted by Gasteiger charge is 2.02. The second kappa shape index (κ2) is 8.38. The molecule has 22 heavy (non-hydrogen) atoms. The van der Waals surface area contributed by atoms with Gasteiger partial charge in [-0.3, -0.25) is 5.43 Å². The Labute approximate surface area is 135 Å². The Bertz CT molecular complexity index is 624. The average Bonchev–Trinajstić information content (AvgIpc) is 2.91. The Hall–Kier alpha value is -2.08. The maximum Gasteiger partial charge on any atom is 0.205 e. The summed E-state index contributed by atoms with van der Waals surface area (Å²) in [5.74, 6) is 1.35. The van der Waals surface area contributed by atoms with Crippen LogP contribution in [-0.2, 0) is 0 Å². The van der Waals surface area contributed by atoms with Crippen molar-refractivity contribution >= 4 is 28.5 Å². The number of thiazole rings is 1. The first-order chi connectivity index (χ1) is 10.7. The van der Waals surface area contributed by atoms with Gasteiger partial charge in [-0.25, -0.2) is 4.98 Å². The van der Waals surface area contributed by atoms with Crippen molar-refractivity contribution in [1.82, 2.24) is 4.98 Å². The molecule has 5 nitrogen and oxygen atoms in total. The van der Waals surface area contributed by atoms with E-state index in [1.54, 1.807) is 11.6 Å². The normalized spacial score (nSPS) is 11.0. The number of aryl methyl sites for hydroxylation is 1. The van der Waals surface area contributed by atoms with Gasteiger partial charge in [-0.1, -0.05) is 31.4 Å². The maximum atomic E-state index is 5.85. The fourth-order valence-corrected chi connectivity index (χ4v) is 2.48. The lowest BCUT2D eigenvalue weighted by Gasteiger charge is -2.09. The molecule has 118 valence electrons. The summed E-state index contributed by atoms with van der Waals surface area (Å²) in [6, 6.07) is 6.09. The predicted octanol–water partition coefficient (Wildman–Crippen LogP) is 4.05. The van der Waals surface area contributed by atoms with Crippen molar-refractivity contribution in [2.75, 3.05) is 17.8 Å². The third kappa shape index (κ3) is 5.04. The average molecular weight is 318 g/mol. The van der Waals surface area contributed by atoms with Crippen LogP contribution in [0.15, 0.2) is 28.7 Å². The number of aromatic nitrogens is 1. The highest BCUT2D eigenvalue weighted by molar-refractivity contribution is 7.14. The summed E-state index contributed by atoms with van der Waals surface area (Å²) in [6.45, 7) is 4.96. The summed E-state index contributed by atoms with van der Waals surface area (Å²) in [5.41, 5.74) is 10.6. The molecule has 3 N–H and O–H groups in total. The number of hydrogen-bond acceptors (Lipinski definition) is 6. The fourth-order valence-electron chi connectivity index (χ4n) is 1.93. The van der Waals surface area contributed by atoms with Crippen molar-refractivity contribution in [2.45, 2.75) is 33.1 Å². The van der Waals surface area contributed by atoms with Gasteiger partial charge in [-0.2, -0.15) is 5.10 Å². The van der Waals surface area contributed by atoms with E-state index in [9.17, 15) is 0 Å². The number of nitrogens with zero attached hydrogens (tertiary/aromatic N) is 2. The highest BCUT2D eigenvalue weighted by atomic mass is 32.1. The van der Waals surface area contributed by atoms with Gasteiger partial charge in [0.05, 0.1) is 12.8 Å². The summed E-state index contributed by atoms with van der Waals surface area (Å²) in [7, 11) is 0. The third-order valence-corrected chi connectivity index (χ3v) is 3.82. The number of hydrogen-bond donors (Lipinski definition) is 2. The molecule has 1 heterocycles. The molecule has 0 radical (unpaired) electrons. The zero-order valence-electron chi connectivity index (χ0n) is 13.0. The standard InChI is InChI=1S/C16H22N4OS/c1-3-4-5-8-21-14-7-6-12(2)9-13(14)10-18-20-16-19-15(17)11-22-16/h6-7,9-11H,3-5,8,17H2,1-2H3,(H,19,20). The molecular weight excluding hydrogens is 296 g/mol. The van der Waals surface area contributed by atoms with Crippen molar-refractivity contribution in [1.29, 1.82) is 0 Å². The first-order valence-electron chi connectivity index (χ1n) is 7.42. The second-order valence-corrected chi connectivity index (χ2v) is 5.90. The van der Waals surface area contributed by atoms with Crippen LogP contribution in [-0.4, -0.2) is 17.8 Å². The minimum absolute atomic E-state index is 0.498. The van der Waals surface area contributed by atoms with Crippen molar-refractivity contribution in [3.8, 4) is 5.75 Å². The van der Waals surface area contributed by atoms with Crippen LogP contribution in [0.1, 0.15) is 37.3 Å². The molecule has 0 fully saturated rings.